The quantitative estimate of drug-likeness (QED) is 0.624. The van der Waals surface area contributed by atoms with E-state index in [-0.39, 0.29) is 5.54 Å². The summed E-state index contributed by atoms with van der Waals surface area (Å²) in [4.78, 5) is 17.6. The third-order valence-corrected chi connectivity index (χ3v) is 5.54. The molecule has 1 aliphatic carbocycles. The number of isocyanates is 1. The summed E-state index contributed by atoms with van der Waals surface area (Å²) in [5.41, 5.74) is 2.36. The summed E-state index contributed by atoms with van der Waals surface area (Å²) in [5.74, 6) is 0.642. The van der Waals surface area contributed by atoms with Gasteiger partial charge >= 0.3 is 0 Å². The van der Waals surface area contributed by atoms with Crippen LogP contribution in [-0.2, 0) is 10.3 Å². The predicted octanol–water partition coefficient (Wildman–Crippen LogP) is 3.99. The molecule has 2 aliphatic rings. The molecule has 1 aromatic carbocycles. The highest BCUT2D eigenvalue weighted by molar-refractivity contribution is 5.40. The molecule has 0 N–H and O–H groups in total. The van der Waals surface area contributed by atoms with Gasteiger partial charge in [0.15, 0.2) is 0 Å². The number of benzene rings is 1. The normalized spacial score (nSPS) is 25.4. The van der Waals surface area contributed by atoms with Gasteiger partial charge in [0.2, 0.25) is 6.08 Å². The SMILES string of the molecule is CN1CCCC(c2cccc(C3(N=C=O)CCCC3)c2)CC1. The summed E-state index contributed by atoms with van der Waals surface area (Å²) in [6.07, 6.45) is 9.87. The van der Waals surface area contributed by atoms with Gasteiger partial charge in [0, 0.05) is 0 Å². The molecule has 1 atom stereocenters. The van der Waals surface area contributed by atoms with Gasteiger partial charge in [0.25, 0.3) is 0 Å². The zero-order chi connectivity index (χ0) is 15.4. The second kappa shape index (κ2) is 6.76. The van der Waals surface area contributed by atoms with Crippen molar-refractivity contribution in [3.8, 4) is 0 Å². The summed E-state index contributed by atoms with van der Waals surface area (Å²) in [6.45, 7) is 2.38. The van der Waals surface area contributed by atoms with Crippen molar-refractivity contribution in [2.75, 3.05) is 20.1 Å². The summed E-state index contributed by atoms with van der Waals surface area (Å²) in [7, 11) is 2.21. The van der Waals surface area contributed by atoms with Gasteiger partial charge in [-0.25, -0.2) is 4.79 Å². The molecule has 3 rings (SSSR count). The summed E-state index contributed by atoms with van der Waals surface area (Å²) >= 11 is 0. The third kappa shape index (κ3) is 3.16. The molecule has 1 aromatic rings. The molecule has 0 radical (unpaired) electrons. The maximum absolute atomic E-state index is 10.9. The zero-order valence-electron chi connectivity index (χ0n) is 13.6. The van der Waals surface area contributed by atoms with E-state index in [1.165, 1.54) is 43.5 Å². The molecule has 0 amide bonds. The van der Waals surface area contributed by atoms with Crippen molar-refractivity contribution in [2.45, 2.75) is 56.4 Å². The summed E-state index contributed by atoms with van der Waals surface area (Å²) < 4.78 is 0. The molecule has 3 heteroatoms. The van der Waals surface area contributed by atoms with Crippen LogP contribution in [0.4, 0.5) is 0 Å². The van der Waals surface area contributed by atoms with Crippen molar-refractivity contribution in [3.05, 3.63) is 35.4 Å². The number of likely N-dealkylation sites (tertiary alicyclic amines) is 1. The lowest BCUT2D eigenvalue weighted by atomic mass is 9.84. The van der Waals surface area contributed by atoms with Crippen LogP contribution >= 0.6 is 0 Å². The van der Waals surface area contributed by atoms with E-state index in [0.29, 0.717) is 5.92 Å². The van der Waals surface area contributed by atoms with E-state index in [4.69, 9.17) is 0 Å². The van der Waals surface area contributed by atoms with E-state index in [2.05, 4.69) is 41.2 Å². The molecule has 3 nitrogen and oxygen atoms in total. The fraction of sp³-hybridized carbons (Fsp3) is 0.632. The Kier molecular flexibility index (Phi) is 4.75. The fourth-order valence-electron chi connectivity index (χ4n) is 4.17. The molecule has 1 aliphatic heterocycles. The molecule has 1 saturated carbocycles. The zero-order valence-corrected chi connectivity index (χ0v) is 13.6. The van der Waals surface area contributed by atoms with Crippen LogP contribution in [0.25, 0.3) is 0 Å². The van der Waals surface area contributed by atoms with Gasteiger partial charge in [-0.1, -0.05) is 37.1 Å². The Morgan fingerprint density at radius 3 is 2.77 bits per heavy atom. The van der Waals surface area contributed by atoms with Crippen LogP contribution in [0.15, 0.2) is 29.3 Å². The lowest BCUT2D eigenvalue weighted by Gasteiger charge is -2.25. The minimum Gasteiger partial charge on any atom is -0.306 e. The molecule has 2 fully saturated rings. The smallest absolute Gasteiger partial charge is 0.235 e. The highest BCUT2D eigenvalue weighted by atomic mass is 16.1. The Hall–Kier alpha value is -1.44. The third-order valence-electron chi connectivity index (χ3n) is 5.54. The number of aliphatic imine (C=N–C) groups is 1. The van der Waals surface area contributed by atoms with Crippen molar-refractivity contribution >= 4 is 6.08 Å². The van der Waals surface area contributed by atoms with Gasteiger partial charge in [-0.3, -0.25) is 0 Å². The van der Waals surface area contributed by atoms with Crippen LogP contribution < -0.4 is 0 Å². The maximum Gasteiger partial charge on any atom is 0.235 e. The number of rotatable bonds is 3. The highest BCUT2D eigenvalue weighted by Gasteiger charge is 2.36. The van der Waals surface area contributed by atoms with Gasteiger partial charge < -0.3 is 4.90 Å². The van der Waals surface area contributed by atoms with E-state index in [0.717, 1.165) is 25.7 Å². The number of nitrogens with zero attached hydrogens (tertiary/aromatic N) is 2. The topological polar surface area (TPSA) is 32.7 Å². The molecule has 0 bridgehead atoms. The molecule has 0 aromatic heterocycles. The maximum atomic E-state index is 10.9. The first-order valence-electron chi connectivity index (χ1n) is 8.61. The van der Waals surface area contributed by atoms with E-state index < -0.39 is 0 Å². The van der Waals surface area contributed by atoms with Gasteiger partial charge in [-0.15, -0.1) is 0 Å². The largest absolute Gasteiger partial charge is 0.306 e. The van der Waals surface area contributed by atoms with Crippen LogP contribution in [0.1, 0.15) is 62.0 Å². The molecule has 0 spiro atoms. The molecule has 22 heavy (non-hydrogen) atoms. The first kappa shape index (κ1) is 15.5. The Bertz CT molecular complexity index is 556. The van der Waals surface area contributed by atoms with Crippen molar-refractivity contribution < 1.29 is 4.79 Å². The Morgan fingerprint density at radius 2 is 2.00 bits per heavy atom. The standard InChI is InChI=1S/C19H26N2O/c1-21-12-5-7-16(9-13-21)17-6-4-8-18(14-17)19(20-15-22)10-2-3-11-19/h4,6,8,14,16H,2-3,5,7,9-13H2,1H3. The van der Waals surface area contributed by atoms with E-state index in [9.17, 15) is 4.79 Å². The molecular weight excluding hydrogens is 272 g/mol. The van der Waals surface area contributed by atoms with Crippen molar-refractivity contribution in [1.82, 2.24) is 4.90 Å². The average molecular weight is 298 g/mol. The predicted molar refractivity (Wildman–Crippen MR) is 88.8 cm³/mol. The second-order valence-electron chi connectivity index (χ2n) is 7.00. The van der Waals surface area contributed by atoms with Gasteiger partial charge in [0.1, 0.15) is 0 Å². The van der Waals surface area contributed by atoms with Crippen molar-refractivity contribution in [3.63, 3.8) is 0 Å². The Labute approximate surface area is 133 Å². The van der Waals surface area contributed by atoms with Crippen LogP contribution in [-0.4, -0.2) is 31.1 Å². The van der Waals surface area contributed by atoms with E-state index in [1.54, 1.807) is 0 Å². The number of carbonyl (C=O) groups excluding carboxylic acids is 1. The molecule has 1 heterocycles. The molecule has 1 unspecified atom stereocenters. The fourth-order valence-corrected chi connectivity index (χ4v) is 4.17. The Balaban J connectivity index is 1.87. The van der Waals surface area contributed by atoms with Gasteiger partial charge in [-0.2, -0.15) is 4.99 Å². The minimum atomic E-state index is -0.292. The number of hydrogen-bond acceptors (Lipinski definition) is 3. The Morgan fingerprint density at radius 1 is 1.18 bits per heavy atom. The lowest BCUT2D eigenvalue weighted by Crippen LogP contribution is -2.20. The highest BCUT2D eigenvalue weighted by Crippen LogP contribution is 2.43. The van der Waals surface area contributed by atoms with Crippen molar-refractivity contribution in [2.24, 2.45) is 4.99 Å². The van der Waals surface area contributed by atoms with Crippen LogP contribution in [0.3, 0.4) is 0 Å². The summed E-state index contributed by atoms with van der Waals surface area (Å²) in [6, 6.07) is 8.88. The van der Waals surface area contributed by atoms with Crippen molar-refractivity contribution in [1.29, 1.82) is 0 Å². The molecular formula is C19H26N2O. The number of hydrogen-bond donors (Lipinski definition) is 0. The second-order valence-corrected chi connectivity index (χ2v) is 7.00. The monoisotopic (exact) mass is 298 g/mol. The average Bonchev–Trinajstić information content (AvgIpc) is 2.90. The van der Waals surface area contributed by atoms with Crippen LogP contribution in [0.5, 0.6) is 0 Å². The van der Waals surface area contributed by atoms with Crippen LogP contribution in [0.2, 0.25) is 0 Å². The summed E-state index contributed by atoms with van der Waals surface area (Å²) in [5, 5.41) is 0. The first-order valence-corrected chi connectivity index (χ1v) is 8.61. The van der Waals surface area contributed by atoms with E-state index in [1.807, 2.05) is 6.08 Å². The minimum absolute atomic E-state index is 0.292. The first-order chi connectivity index (χ1) is 10.7. The molecule has 1 saturated heterocycles. The van der Waals surface area contributed by atoms with Crippen LogP contribution in [0, 0.1) is 0 Å². The lowest BCUT2D eigenvalue weighted by molar-refractivity contribution is 0.347. The van der Waals surface area contributed by atoms with Gasteiger partial charge in [-0.05, 0) is 69.3 Å². The van der Waals surface area contributed by atoms with E-state index >= 15 is 0 Å². The van der Waals surface area contributed by atoms with Gasteiger partial charge in [0.05, 0.1) is 5.54 Å². The molecule has 118 valence electrons.